The van der Waals surface area contributed by atoms with Crippen molar-refractivity contribution in [3.05, 3.63) is 82.9 Å². The first-order valence-corrected chi connectivity index (χ1v) is 8.27. The molecular weight excluding hydrogens is 296 g/mol. The number of benzene rings is 2. The monoisotopic (exact) mass is 322 g/mol. The second-order valence-electron chi connectivity index (χ2n) is 6.22. The number of rotatable bonds is 6. The highest BCUT2D eigenvalue weighted by atomic mass is 16.5. The Kier molecular flexibility index (Phi) is 6.39. The van der Waals surface area contributed by atoms with Crippen molar-refractivity contribution in [1.82, 2.24) is 0 Å². The molecule has 2 aromatic rings. The third-order valence-corrected chi connectivity index (χ3v) is 3.98. The summed E-state index contributed by atoms with van der Waals surface area (Å²) in [5.41, 5.74) is 5.35. The molecule has 2 heteroatoms. The minimum atomic E-state index is -0.00676. The lowest BCUT2D eigenvalue weighted by atomic mass is 9.94. The molecule has 0 aliphatic rings. The van der Waals surface area contributed by atoms with Gasteiger partial charge in [0.05, 0.1) is 6.10 Å². The molecule has 0 radical (unpaired) electrons. The molecule has 2 nitrogen and oxygen atoms in total. The zero-order valence-electron chi connectivity index (χ0n) is 14.9. The van der Waals surface area contributed by atoms with Gasteiger partial charge in [0.15, 0.2) is 0 Å². The van der Waals surface area contributed by atoms with Crippen LogP contribution in [-0.4, -0.2) is 18.3 Å². The van der Waals surface area contributed by atoms with E-state index in [0.717, 1.165) is 28.7 Å². The Bertz CT molecular complexity index is 723. The van der Waals surface area contributed by atoms with Gasteiger partial charge in [-0.05, 0) is 61.6 Å². The van der Waals surface area contributed by atoms with E-state index in [-0.39, 0.29) is 6.10 Å². The molecule has 1 N–H and O–H groups in total. The molecule has 0 heterocycles. The van der Waals surface area contributed by atoms with Crippen molar-refractivity contribution >= 4 is 5.57 Å². The van der Waals surface area contributed by atoms with Crippen LogP contribution < -0.4 is 0 Å². The summed E-state index contributed by atoms with van der Waals surface area (Å²) in [7, 11) is 1.70. The van der Waals surface area contributed by atoms with Gasteiger partial charge < -0.3 is 9.84 Å². The van der Waals surface area contributed by atoms with Crippen LogP contribution in [0.2, 0.25) is 0 Å². The number of phenolic OH excluding ortho intramolecular Hbond substituents is 1. The van der Waals surface area contributed by atoms with Crippen LogP contribution in [0.3, 0.4) is 0 Å². The maximum Gasteiger partial charge on any atom is 0.119 e. The van der Waals surface area contributed by atoms with Gasteiger partial charge in [0.1, 0.15) is 5.75 Å². The third-order valence-electron chi connectivity index (χ3n) is 3.98. The van der Waals surface area contributed by atoms with Crippen LogP contribution >= 0.6 is 0 Å². The summed E-state index contributed by atoms with van der Waals surface area (Å²) in [6.07, 6.45) is 4.94. The molecule has 1 unspecified atom stereocenters. The van der Waals surface area contributed by atoms with Crippen molar-refractivity contribution < 1.29 is 9.84 Å². The Morgan fingerprint density at radius 3 is 2.38 bits per heavy atom. The van der Waals surface area contributed by atoms with Gasteiger partial charge in [0, 0.05) is 7.11 Å². The summed E-state index contributed by atoms with van der Waals surface area (Å²) < 4.78 is 5.40. The van der Waals surface area contributed by atoms with E-state index in [0.29, 0.717) is 5.75 Å². The Morgan fingerprint density at radius 1 is 1.08 bits per heavy atom. The quantitative estimate of drug-likeness (QED) is 0.725. The molecule has 0 saturated carbocycles. The van der Waals surface area contributed by atoms with Gasteiger partial charge in [-0.25, -0.2) is 0 Å². The van der Waals surface area contributed by atoms with Crippen molar-refractivity contribution in [3.63, 3.8) is 0 Å². The molecule has 2 rings (SSSR count). The largest absolute Gasteiger partial charge is 0.508 e. The van der Waals surface area contributed by atoms with Crippen molar-refractivity contribution in [2.45, 2.75) is 33.3 Å². The lowest BCUT2D eigenvalue weighted by Crippen LogP contribution is -2.02. The highest BCUT2D eigenvalue weighted by Gasteiger charge is 2.10. The molecule has 0 aliphatic heterocycles. The second-order valence-corrected chi connectivity index (χ2v) is 6.22. The number of aromatic hydroxyl groups is 1. The number of hydrogen-bond donors (Lipinski definition) is 1. The number of allylic oxidation sites excluding steroid dienone is 2. The minimum Gasteiger partial charge on any atom is -0.508 e. The molecule has 0 fully saturated rings. The Hall–Kier alpha value is -2.32. The summed E-state index contributed by atoms with van der Waals surface area (Å²) >= 11 is 0. The first kappa shape index (κ1) is 18.0. The van der Waals surface area contributed by atoms with Gasteiger partial charge >= 0.3 is 0 Å². The summed E-state index contributed by atoms with van der Waals surface area (Å²) in [5, 5.41) is 10.4. The topological polar surface area (TPSA) is 29.5 Å². The highest BCUT2D eigenvalue weighted by Crippen LogP contribution is 2.29. The average molecular weight is 322 g/mol. The van der Waals surface area contributed by atoms with E-state index in [1.807, 2.05) is 37.3 Å². The van der Waals surface area contributed by atoms with Gasteiger partial charge in [0.2, 0.25) is 0 Å². The molecule has 0 saturated heterocycles. The number of ether oxygens (including phenoxy) is 1. The molecule has 24 heavy (non-hydrogen) atoms. The molecular formula is C22H26O2. The van der Waals surface area contributed by atoms with Gasteiger partial charge in [-0.15, -0.1) is 0 Å². The van der Waals surface area contributed by atoms with Crippen LogP contribution in [0.4, 0.5) is 0 Å². The smallest absolute Gasteiger partial charge is 0.119 e. The predicted molar refractivity (Wildman–Crippen MR) is 101 cm³/mol. The highest BCUT2D eigenvalue weighted by molar-refractivity contribution is 5.80. The molecule has 126 valence electrons. The van der Waals surface area contributed by atoms with Crippen LogP contribution in [0.1, 0.15) is 37.5 Å². The van der Waals surface area contributed by atoms with Gasteiger partial charge in [0.25, 0.3) is 0 Å². The fraction of sp³-hybridized carbons (Fsp3) is 0.273. The molecule has 1 atom stereocenters. The molecule has 0 bridgehead atoms. The molecule has 0 spiro atoms. The van der Waals surface area contributed by atoms with E-state index < -0.39 is 0 Å². The molecule has 2 aromatic carbocycles. The lowest BCUT2D eigenvalue weighted by Gasteiger charge is -2.13. The summed E-state index contributed by atoms with van der Waals surface area (Å²) in [5.74, 6) is 0.330. The number of phenols is 1. The second kappa shape index (κ2) is 8.51. The van der Waals surface area contributed by atoms with Crippen LogP contribution in [-0.2, 0) is 11.2 Å². The first-order valence-electron chi connectivity index (χ1n) is 8.27. The van der Waals surface area contributed by atoms with Crippen molar-refractivity contribution in [2.24, 2.45) is 0 Å². The lowest BCUT2D eigenvalue weighted by molar-refractivity contribution is 0.156. The van der Waals surface area contributed by atoms with E-state index in [1.165, 1.54) is 5.57 Å². The van der Waals surface area contributed by atoms with E-state index in [9.17, 15) is 5.11 Å². The number of methoxy groups -OCH3 is 1. The van der Waals surface area contributed by atoms with Crippen LogP contribution in [0.15, 0.2) is 66.3 Å². The maximum absolute atomic E-state index is 10.4. The summed E-state index contributed by atoms with van der Waals surface area (Å²) in [6, 6.07) is 16.1. The van der Waals surface area contributed by atoms with E-state index >= 15 is 0 Å². The van der Waals surface area contributed by atoms with E-state index in [1.54, 1.807) is 7.11 Å². The molecule has 0 amide bonds. The van der Waals surface area contributed by atoms with Gasteiger partial charge in [-0.2, -0.15) is 0 Å². The summed E-state index contributed by atoms with van der Waals surface area (Å²) in [4.78, 5) is 0. The zero-order chi connectivity index (χ0) is 17.5. The molecule has 0 aromatic heterocycles. The Morgan fingerprint density at radius 2 is 1.79 bits per heavy atom. The Labute approximate surface area is 145 Å². The van der Waals surface area contributed by atoms with Crippen LogP contribution in [0.5, 0.6) is 5.75 Å². The predicted octanol–water partition coefficient (Wildman–Crippen LogP) is 5.37. The maximum atomic E-state index is 10.4. The standard InChI is InChI=1S/C22H26O2/c1-16(2)10-11-19-12-13-20(15-22(19)23)21(14-17(3)24-4)18-8-6-5-7-9-18/h5-10,12-15,17,23H,11H2,1-4H3/b21-14+. The van der Waals surface area contributed by atoms with E-state index in [4.69, 9.17) is 4.74 Å². The number of hydrogen-bond acceptors (Lipinski definition) is 2. The van der Waals surface area contributed by atoms with Crippen molar-refractivity contribution in [3.8, 4) is 5.75 Å². The van der Waals surface area contributed by atoms with Crippen LogP contribution in [0.25, 0.3) is 5.57 Å². The zero-order valence-corrected chi connectivity index (χ0v) is 14.9. The normalized spacial score (nSPS) is 12.8. The third kappa shape index (κ3) is 4.84. The molecule has 0 aliphatic carbocycles. The average Bonchev–Trinajstić information content (AvgIpc) is 2.59. The van der Waals surface area contributed by atoms with E-state index in [2.05, 4.69) is 44.2 Å². The van der Waals surface area contributed by atoms with Crippen LogP contribution in [0, 0.1) is 0 Å². The minimum absolute atomic E-state index is 0.00676. The fourth-order valence-electron chi connectivity index (χ4n) is 2.50. The summed E-state index contributed by atoms with van der Waals surface area (Å²) in [6.45, 7) is 6.13. The first-order chi connectivity index (χ1) is 11.5. The van der Waals surface area contributed by atoms with Gasteiger partial charge in [-0.1, -0.05) is 54.1 Å². The fourth-order valence-corrected chi connectivity index (χ4v) is 2.50. The SMILES string of the molecule is COC(C)/C=C(\c1ccccc1)c1ccc(CC=C(C)C)c(O)c1. The Balaban J connectivity index is 2.42. The van der Waals surface area contributed by atoms with Crippen molar-refractivity contribution in [2.75, 3.05) is 7.11 Å². The van der Waals surface area contributed by atoms with Crippen molar-refractivity contribution in [1.29, 1.82) is 0 Å². The van der Waals surface area contributed by atoms with Gasteiger partial charge in [-0.3, -0.25) is 0 Å².